The highest BCUT2D eigenvalue weighted by Gasteiger charge is 2.10. The van der Waals surface area contributed by atoms with Gasteiger partial charge in [-0.2, -0.15) is 0 Å². The highest BCUT2D eigenvalue weighted by atomic mass is 32.1. The first kappa shape index (κ1) is 14.5. The lowest BCUT2D eigenvalue weighted by molar-refractivity contribution is 0.830. The van der Waals surface area contributed by atoms with E-state index in [1.165, 1.54) is 16.8 Å². The fraction of sp³-hybridized carbons (Fsp3) is 0.235. The highest BCUT2D eigenvalue weighted by Crippen LogP contribution is 2.20. The minimum Gasteiger partial charge on any atom is -0.389 e. The summed E-state index contributed by atoms with van der Waals surface area (Å²) in [7, 11) is 0. The first-order valence-electron chi connectivity index (χ1n) is 6.81. The molecule has 0 bridgehead atoms. The lowest BCUT2D eigenvalue weighted by atomic mass is 10.1. The molecule has 0 aromatic heterocycles. The van der Waals surface area contributed by atoms with Crippen LogP contribution in [0.4, 0.5) is 5.69 Å². The van der Waals surface area contributed by atoms with E-state index in [2.05, 4.69) is 49.1 Å². The van der Waals surface area contributed by atoms with Crippen LogP contribution in [0.1, 0.15) is 23.6 Å². The fourth-order valence-corrected chi connectivity index (χ4v) is 2.51. The third kappa shape index (κ3) is 3.36. The van der Waals surface area contributed by atoms with E-state index in [4.69, 9.17) is 18.0 Å². The maximum Gasteiger partial charge on any atom is 0.104 e. The van der Waals surface area contributed by atoms with Gasteiger partial charge in [0.05, 0.1) is 0 Å². The van der Waals surface area contributed by atoms with E-state index in [0.29, 0.717) is 4.99 Å². The minimum atomic E-state index is 0.459. The predicted octanol–water partition coefficient (Wildman–Crippen LogP) is 3.66. The van der Waals surface area contributed by atoms with Crippen molar-refractivity contribution in [3.8, 4) is 0 Å². The number of thiocarbonyl (C=S) groups is 1. The van der Waals surface area contributed by atoms with Gasteiger partial charge < -0.3 is 10.6 Å². The average molecular weight is 284 g/mol. The summed E-state index contributed by atoms with van der Waals surface area (Å²) in [6.45, 7) is 6.02. The SMILES string of the molecule is CCN(Cc1ccccc1C(N)=S)c1cccc(C)c1. The number of hydrogen-bond donors (Lipinski definition) is 1. The summed E-state index contributed by atoms with van der Waals surface area (Å²) in [5.74, 6) is 0. The van der Waals surface area contributed by atoms with E-state index in [9.17, 15) is 0 Å². The van der Waals surface area contributed by atoms with Gasteiger partial charge in [0, 0.05) is 24.3 Å². The zero-order valence-corrected chi connectivity index (χ0v) is 12.8. The lowest BCUT2D eigenvalue weighted by Gasteiger charge is -2.24. The van der Waals surface area contributed by atoms with E-state index >= 15 is 0 Å². The number of rotatable bonds is 5. The summed E-state index contributed by atoms with van der Waals surface area (Å²) in [6, 6.07) is 16.6. The molecule has 0 aliphatic rings. The van der Waals surface area contributed by atoms with Crippen molar-refractivity contribution in [1.29, 1.82) is 0 Å². The normalized spacial score (nSPS) is 10.3. The Morgan fingerprint density at radius 2 is 1.90 bits per heavy atom. The van der Waals surface area contributed by atoms with Crippen LogP contribution >= 0.6 is 12.2 Å². The highest BCUT2D eigenvalue weighted by molar-refractivity contribution is 7.80. The van der Waals surface area contributed by atoms with Crippen LogP contribution in [-0.2, 0) is 6.54 Å². The van der Waals surface area contributed by atoms with Crippen LogP contribution in [0.25, 0.3) is 0 Å². The largest absolute Gasteiger partial charge is 0.389 e. The van der Waals surface area contributed by atoms with E-state index in [1.807, 2.05) is 18.2 Å². The monoisotopic (exact) mass is 284 g/mol. The Kier molecular flexibility index (Phi) is 4.74. The zero-order valence-electron chi connectivity index (χ0n) is 12.0. The zero-order chi connectivity index (χ0) is 14.5. The Balaban J connectivity index is 2.29. The quantitative estimate of drug-likeness (QED) is 0.850. The Hall–Kier alpha value is -1.87. The first-order valence-corrected chi connectivity index (χ1v) is 7.22. The fourth-order valence-electron chi connectivity index (χ4n) is 2.31. The number of benzene rings is 2. The number of anilines is 1. The van der Waals surface area contributed by atoms with Crippen molar-refractivity contribution < 1.29 is 0 Å². The van der Waals surface area contributed by atoms with Crippen LogP contribution in [0, 0.1) is 6.92 Å². The second kappa shape index (κ2) is 6.53. The summed E-state index contributed by atoms with van der Waals surface area (Å²) in [5, 5.41) is 0. The van der Waals surface area contributed by atoms with Gasteiger partial charge in [0.2, 0.25) is 0 Å². The predicted molar refractivity (Wildman–Crippen MR) is 90.2 cm³/mol. The van der Waals surface area contributed by atoms with Crippen LogP contribution in [0.2, 0.25) is 0 Å². The van der Waals surface area contributed by atoms with Gasteiger partial charge in [-0.15, -0.1) is 0 Å². The topological polar surface area (TPSA) is 29.3 Å². The van der Waals surface area contributed by atoms with Gasteiger partial charge in [0.1, 0.15) is 4.99 Å². The van der Waals surface area contributed by atoms with Crippen molar-refractivity contribution in [3.63, 3.8) is 0 Å². The summed E-state index contributed by atoms with van der Waals surface area (Å²) in [5.41, 5.74) is 10.4. The minimum absolute atomic E-state index is 0.459. The van der Waals surface area contributed by atoms with Crippen LogP contribution in [-0.4, -0.2) is 11.5 Å². The van der Waals surface area contributed by atoms with Crippen molar-refractivity contribution in [2.75, 3.05) is 11.4 Å². The van der Waals surface area contributed by atoms with E-state index < -0.39 is 0 Å². The molecule has 0 saturated heterocycles. The molecule has 0 aliphatic carbocycles. The standard InChI is InChI=1S/C17H20N2S/c1-3-19(15-9-6-7-13(2)11-15)12-14-8-4-5-10-16(14)17(18)20/h4-11H,3,12H2,1-2H3,(H2,18,20). The third-order valence-electron chi connectivity index (χ3n) is 3.39. The van der Waals surface area contributed by atoms with Crippen molar-refractivity contribution in [1.82, 2.24) is 0 Å². The van der Waals surface area contributed by atoms with Crippen molar-refractivity contribution >= 4 is 22.9 Å². The number of nitrogens with zero attached hydrogens (tertiary/aromatic N) is 1. The first-order chi connectivity index (χ1) is 9.61. The van der Waals surface area contributed by atoms with Gasteiger partial charge in [-0.05, 0) is 37.1 Å². The molecule has 0 fully saturated rings. The molecule has 2 aromatic carbocycles. The Bertz CT molecular complexity index is 607. The maximum absolute atomic E-state index is 5.81. The molecule has 0 amide bonds. The molecule has 2 N–H and O–H groups in total. The van der Waals surface area contributed by atoms with Crippen molar-refractivity contribution in [2.45, 2.75) is 20.4 Å². The number of aryl methyl sites for hydroxylation is 1. The second-order valence-corrected chi connectivity index (χ2v) is 5.31. The summed E-state index contributed by atoms with van der Waals surface area (Å²) in [4.78, 5) is 2.78. The molecular weight excluding hydrogens is 264 g/mol. The van der Waals surface area contributed by atoms with Gasteiger partial charge in [-0.3, -0.25) is 0 Å². The lowest BCUT2D eigenvalue weighted by Crippen LogP contribution is -2.24. The van der Waals surface area contributed by atoms with Gasteiger partial charge in [0.15, 0.2) is 0 Å². The molecule has 20 heavy (non-hydrogen) atoms. The molecule has 0 heterocycles. The molecule has 2 nitrogen and oxygen atoms in total. The second-order valence-electron chi connectivity index (χ2n) is 4.87. The molecule has 0 radical (unpaired) electrons. The van der Waals surface area contributed by atoms with E-state index in [-0.39, 0.29) is 0 Å². The summed E-state index contributed by atoms with van der Waals surface area (Å²) in [6.07, 6.45) is 0. The molecule has 0 unspecified atom stereocenters. The molecule has 0 saturated carbocycles. The molecule has 0 spiro atoms. The molecule has 0 aliphatic heterocycles. The Morgan fingerprint density at radius 3 is 2.55 bits per heavy atom. The number of hydrogen-bond acceptors (Lipinski definition) is 2. The van der Waals surface area contributed by atoms with Gasteiger partial charge in [0.25, 0.3) is 0 Å². The van der Waals surface area contributed by atoms with Gasteiger partial charge >= 0.3 is 0 Å². The Morgan fingerprint density at radius 1 is 1.15 bits per heavy atom. The molecule has 2 aromatic rings. The molecule has 104 valence electrons. The van der Waals surface area contributed by atoms with Crippen LogP contribution in [0.15, 0.2) is 48.5 Å². The Labute approximate surface area is 126 Å². The summed E-state index contributed by atoms with van der Waals surface area (Å²) < 4.78 is 0. The van der Waals surface area contributed by atoms with Crippen LogP contribution < -0.4 is 10.6 Å². The average Bonchev–Trinajstić information content (AvgIpc) is 2.45. The molecule has 3 heteroatoms. The smallest absolute Gasteiger partial charge is 0.104 e. The third-order valence-corrected chi connectivity index (χ3v) is 3.61. The van der Waals surface area contributed by atoms with Crippen molar-refractivity contribution in [3.05, 3.63) is 65.2 Å². The van der Waals surface area contributed by atoms with E-state index in [0.717, 1.165) is 18.7 Å². The molecular formula is C17H20N2S. The maximum atomic E-state index is 5.81. The van der Waals surface area contributed by atoms with Crippen molar-refractivity contribution in [2.24, 2.45) is 5.73 Å². The van der Waals surface area contributed by atoms with Gasteiger partial charge in [-0.1, -0.05) is 48.6 Å². The molecule has 2 rings (SSSR count). The van der Waals surface area contributed by atoms with Gasteiger partial charge in [-0.25, -0.2) is 0 Å². The van der Waals surface area contributed by atoms with Crippen LogP contribution in [0.3, 0.4) is 0 Å². The van der Waals surface area contributed by atoms with Crippen LogP contribution in [0.5, 0.6) is 0 Å². The van der Waals surface area contributed by atoms with E-state index in [1.54, 1.807) is 0 Å². The summed E-state index contributed by atoms with van der Waals surface area (Å²) >= 11 is 5.14. The molecule has 0 atom stereocenters. The number of nitrogens with two attached hydrogens (primary N) is 1.